The van der Waals surface area contributed by atoms with Crippen molar-refractivity contribution in [3.8, 4) is 0 Å². The Morgan fingerprint density at radius 2 is 2.25 bits per heavy atom. The van der Waals surface area contributed by atoms with Crippen LogP contribution in [0.5, 0.6) is 0 Å². The molecule has 0 saturated heterocycles. The van der Waals surface area contributed by atoms with Gasteiger partial charge < -0.3 is 11.1 Å². The lowest BCUT2D eigenvalue weighted by Crippen LogP contribution is -2.13. The maximum atomic E-state index is 5.36. The number of allylic oxidation sites excluding steroid dienone is 3. The first-order chi connectivity index (χ1) is 3.81. The highest BCUT2D eigenvalue weighted by atomic mass is 14.9. The third kappa shape index (κ3) is 3.28. The van der Waals surface area contributed by atoms with Gasteiger partial charge in [-0.15, -0.1) is 0 Å². The van der Waals surface area contributed by atoms with Crippen LogP contribution in [0.3, 0.4) is 0 Å². The van der Waals surface area contributed by atoms with E-state index in [9.17, 15) is 0 Å². The highest BCUT2D eigenvalue weighted by Crippen LogP contribution is 1.76. The van der Waals surface area contributed by atoms with Gasteiger partial charge in [0.25, 0.3) is 0 Å². The van der Waals surface area contributed by atoms with Gasteiger partial charge in [-0.2, -0.15) is 0 Å². The fourth-order valence-corrected chi connectivity index (χ4v) is 0.283. The van der Waals surface area contributed by atoms with Crippen LogP contribution in [0.4, 0.5) is 0 Å². The Morgan fingerprint density at radius 1 is 1.62 bits per heavy atom. The normalized spacial score (nSPS) is 12.5. The van der Waals surface area contributed by atoms with Crippen molar-refractivity contribution in [2.75, 3.05) is 7.05 Å². The fraction of sp³-hybridized carbons (Fsp3) is 0.333. The molecule has 0 atom stereocenters. The van der Waals surface area contributed by atoms with Gasteiger partial charge in [-0.3, -0.25) is 0 Å². The summed E-state index contributed by atoms with van der Waals surface area (Å²) < 4.78 is 0. The lowest BCUT2D eigenvalue weighted by molar-refractivity contribution is 0.965. The van der Waals surface area contributed by atoms with E-state index in [2.05, 4.69) is 5.32 Å². The SMILES string of the molecule is C/C=C\C=C(\N)NC. The molecule has 0 bridgehead atoms. The van der Waals surface area contributed by atoms with Gasteiger partial charge in [0.1, 0.15) is 0 Å². The Bertz CT molecular complexity index is 103. The predicted octanol–water partition coefficient (Wildman–Crippen LogP) is 0.582. The van der Waals surface area contributed by atoms with Crippen LogP contribution in [0.15, 0.2) is 24.0 Å². The molecule has 0 amide bonds. The van der Waals surface area contributed by atoms with E-state index in [4.69, 9.17) is 5.73 Å². The lowest BCUT2D eigenvalue weighted by atomic mass is 10.5. The van der Waals surface area contributed by atoms with Crippen LogP contribution in [-0.2, 0) is 0 Å². The van der Waals surface area contributed by atoms with Crippen molar-refractivity contribution < 1.29 is 0 Å². The summed E-state index contributed by atoms with van der Waals surface area (Å²) in [6.07, 6.45) is 5.61. The van der Waals surface area contributed by atoms with Crippen molar-refractivity contribution in [2.45, 2.75) is 6.92 Å². The molecule has 0 radical (unpaired) electrons. The molecule has 0 unspecified atom stereocenters. The summed E-state index contributed by atoms with van der Waals surface area (Å²) in [6, 6.07) is 0. The molecule has 0 aromatic rings. The second-order valence-corrected chi connectivity index (χ2v) is 1.40. The van der Waals surface area contributed by atoms with Crippen molar-refractivity contribution in [2.24, 2.45) is 5.73 Å². The predicted molar refractivity (Wildman–Crippen MR) is 36.1 cm³/mol. The van der Waals surface area contributed by atoms with Crippen LogP contribution >= 0.6 is 0 Å². The van der Waals surface area contributed by atoms with Gasteiger partial charge >= 0.3 is 0 Å². The van der Waals surface area contributed by atoms with E-state index in [-0.39, 0.29) is 0 Å². The zero-order chi connectivity index (χ0) is 6.41. The van der Waals surface area contributed by atoms with E-state index < -0.39 is 0 Å². The van der Waals surface area contributed by atoms with Crippen molar-refractivity contribution in [3.05, 3.63) is 24.0 Å². The van der Waals surface area contributed by atoms with E-state index in [0.717, 1.165) is 0 Å². The molecule has 3 N–H and O–H groups in total. The minimum atomic E-state index is 0.683. The van der Waals surface area contributed by atoms with Crippen LogP contribution in [0.1, 0.15) is 6.92 Å². The first kappa shape index (κ1) is 7.08. The molecule has 0 rings (SSSR count). The standard InChI is InChI=1S/C6H12N2/c1-3-4-5-6(7)8-2/h3-5,8H,7H2,1-2H3/b4-3-,6-5-. The average molecular weight is 112 g/mol. The Balaban J connectivity index is 3.57. The van der Waals surface area contributed by atoms with Crippen molar-refractivity contribution in [1.29, 1.82) is 0 Å². The Labute approximate surface area is 50.1 Å². The first-order valence-electron chi connectivity index (χ1n) is 2.57. The molecule has 0 heterocycles. The van der Waals surface area contributed by atoms with Gasteiger partial charge in [-0.05, 0) is 13.0 Å². The maximum absolute atomic E-state index is 5.36. The second kappa shape index (κ2) is 4.24. The zero-order valence-electron chi connectivity index (χ0n) is 5.31. The number of nitrogens with one attached hydrogen (secondary N) is 1. The molecule has 0 saturated carbocycles. The molecule has 0 aliphatic heterocycles. The fourth-order valence-electron chi connectivity index (χ4n) is 0.283. The largest absolute Gasteiger partial charge is 0.386 e. The molecule has 46 valence electrons. The van der Waals surface area contributed by atoms with Gasteiger partial charge in [-0.1, -0.05) is 12.2 Å². The Kier molecular flexibility index (Phi) is 3.76. The number of nitrogens with two attached hydrogens (primary N) is 1. The summed E-state index contributed by atoms with van der Waals surface area (Å²) in [5.41, 5.74) is 5.36. The Hall–Kier alpha value is -0.920. The highest BCUT2D eigenvalue weighted by molar-refractivity contribution is 5.06. The van der Waals surface area contributed by atoms with Gasteiger partial charge in [0.2, 0.25) is 0 Å². The van der Waals surface area contributed by atoms with E-state index in [1.54, 1.807) is 13.1 Å². The summed E-state index contributed by atoms with van der Waals surface area (Å²) >= 11 is 0. The topological polar surface area (TPSA) is 38.0 Å². The summed E-state index contributed by atoms with van der Waals surface area (Å²) in [5, 5.41) is 2.79. The minimum absolute atomic E-state index is 0.683. The van der Waals surface area contributed by atoms with Crippen molar-refractivity contribution in [1.82, 2.24) is 5.32 Å². The lowest BCUT2D eigenvalue weighted by Gasteiger charge is -1.93. The monoisotopic (exact) mass is 112 g/mol. The van der Waals surface area contributed by atoms with Gasteiger partial charge in [-0.25, -0.2) is 0 Å². The molecule has 0 aliphatic rings. The van der Waals surface area contributed by atoms with E-state index >= 15 is 0 Å². The molecule has 0 aromatic carbocycles. The van der Waals surface area contributed by atoms with Crippen LogP contribution in [0, 0.1) is 0 Å². The molecule has 0 aromatic heterocycles. The van der Waals surface area contributed by atoms with Crippen LogP contribution in [0.25, 0.3) is 0 Å². The zero-order valence-corrected chi connectivity index (χ0v) is 5.31. The van der Waals surface area contributed by atoms with Crippen LogP contribution in [-0.4, -0.2) is 7.05 Å². The smallest absolute Gasteiger partial charge is 0.0957 e. The van der Waals surface area contributed by atoms with E-state index in [0.29, 0.717) is 5.82 Å². The quantitative estimate of drug-likeness (QED) is 0.513. The number of hydrogen-bond acceptors (Lipinski definition) is 2. The third-order valence-electron chi connectivity index (χ3n) is 0.757. The molecule has 0 spiro atoms. The molecule has 8 heavy (non-hydrogen) atoms. The summed E-state index contributed by atoms with van der Waals surface area (Å²) in [6.45, 7) is 1.94. The van der Waals surface area contributed by atoms with Crippen LogP contribution < -0.4 is 11.1 Å². The van der Waals surface area contributed by atoms with Gasteiger partial charge in [0.15, 0.2) is 0 Å². The number of hydrogen-bond donors (Lipinski definition) is 2. The van der Waals surface area contributed by atoms with Gasteiger partial charge in [0, 0.05) is 7.05 Å². The van der Waals surface area contributed by atoms with Crippen LogP contribution in [0.2, 0.25) is 0 Å². The molecule has 0 fully saturated rings. The molecule has 2 heteroatoms. The molecular weight excluding hydrogens is 100 g/mol. The summed E-state index contributed by atoms with van der Waals surface area (Å²) in [7, 11) is 1.79. The highest BCUT2D eigenvalue weighted by Gasteiger charge is 1.72. The minimum Gasteiger partial charge on any atom is -0.386 e. The van der Waals surface area contributed by atoms with E-state index in [1.807, 2.05) is 19.1 Å². The van der Waals surface area contributed by atoms with Gasteiger partial charge in [0.05, 0.1) is 5.82 Å². The Morgan fingerprint density at radius 3 is 2.62 bits per heavy atom. The molecular formula is C6H12N2. The van der Waals surface area contributed by atoms with E-state index in [1.165, 1.54) is 0 Å². The second-order valence-electron chi connectivity index (χ2n) is 1.40. The summed E-state index contributed by atoms with van der Waals surface area (Å²) in [5.74, 6) is 0.683. The maximum Gasteiger partial charge on any atom is 0.0957 e. The summed E-state index contributed by atoms with van der Waals surface area (Å²) in [4.78, 5) is 0. The van der Waals surface area contributed by atoms with Crippen molar-refractivity contribution >= 4 is 0 Å². The number of rotatable bonds is 2. The first-order valence-corrected chi connectivity index (χ1v) is 2.57. The molecule has 0 aliphatic carbocycles. The average Bonchev–Trinajstić information content (AvgIpc) is 1.83. The third-order valence-corrected chi connectivity index (χ3v) is 0.757. The van der Waals surface area contributed by atoms with Crippen molar-refractivity contribution in [3.63, 3.8) is 0 Å². The molecule has 2 nitrogen and oxygen atoms in total.